The quantitative estimate of drug-likeness (QED) is 0.802. The predicted octanol–water partition coefficient (Wildman–Crippen LogP) is 1.80. The maximum Gasteiger partial charge on any atom is 0.271 e. The lowest BCUT2D eigenvalue weighted by Gasteiger charge is -2.17. The summed E-state index contributed by atoms with van der Waals surface area (Å²) in [6, 6.07) is 0.0103. The third-order valence-electron chi connectivity index (χ3n) is 2.21. The van der Waals surface area contributed by atoms with Crippen molar-refractivity contribution in [3.63, 3.8) is 0 Å². The van der Waals surface area contributed by atoms with Crippen molar-refractivity contribution >= 4 is 17.5 Å². The number of imidazole rings is 1. The van der Waals surface area contributed by atoms with E-state index in [0.717, 1.165) is 6.42 Å². The Morgan fingerprint density at radius 3 is 2.75 bits per heavy atom. The third-order valence-corrected chi connectivity index (χ3v) is 2.59. The molecule has 0 saturated carbocycles. The van der Waals surface area contributed by atoms with E-state index in [9.17, 15) is 4.79 Å². The molecule has 1 rings (SSSR count). The Kier molecular flexibility index (Phi) is 4.80. The number of alkyl halides is 1. The Bertz CT molecular complexity index is 349. The van der Waals surface area contributed by atoms with Crippen LogP contribution in [0.5, 0.6) is 0 Å². The van der Waals surface area contributed by atoms with Gasteiger partial charge in [0.15, 0.2) is 0 Å². The van der Waals surface area contributed by atoms with Crippen molar-refractivity contribution in [3.8, 4) is 0 Å². The predicted molar refractivity (Wildman–Crippen MR) is 64.6 cm³/mol. The number of nitrogens with zero attached hydrogens (tertiary/aromatic N) is 2. The fourth-order valence-corrected chi connectivity index (χ4v) is 1.72. The summed E-state index contributed by atoms with van der Waals surface area (Å²) in [5, 5.41) is 2.88. The van der Waals surface area contributed by atoms with E-state index in [0.29, 0.717) is 17.5 Å². The molecule has 0 aliphatic carbocycles. The van der Waals surface area contributed by atoms with Crippen LogP contribution in [0, 0.1) is 5.92 Å². The molecule has 90 valence electrons. The fourth-order valence-electron chi connectivity index (χ4n) is 1.52. The lowest BCUT2D eigenvalue weighted by atomic mass is 10.1. The molecule has 4 nitrogen and oxygen atoms in total. The molecule has 1 aromatic rings. The average Bonchev–Trinajstić information content (AvgIpc) is 2.63. The molecule has 0 bridgehead atoms. The second-order valence-electron chi connectivity index (χ2n) is 4.38. The molecule has 1 aromatic heterocycles. The van der Waals surface area contributed by atoms with Gasteiger partial charge in [-0.2, -0.15) is 0 Å². The smallest absolute Gasteiger partial charge is 0.271 e. The molecular formula is C11H18ClN3O. The molecule has 0 radical (unpaired) electrons. The molecule has 0 aliphatic heterocycles. The van der Waals surface area contributed by atoms with Crippen LogP contribution in [-0.2, 0) is 7.05 Å². The molecule has 0 saturated heterocycles. The van der Waals surface area contributed by atoms with Gasteiger partial charge in [-0.3, -0.25) is 4.79 Å². The highest BCUT2D eigenvalue weighted by Crippen LogP contribution is 2.07. The SMILES string of the molecule is CC(C)CC(CCl)NC(=O)c1cn(C)cn1. The number of aryl methyl sites for hydroxylation is 1. The number of hydrogen-bond acceptors (Lipinski definition) is 2. The van der Waals surface area contributed by atoms with Gasteiger partial charge in [-0.15, -0.1) is 11.6 Å². The van der Waals surface area contributed by atoms with E-state index in [2.05, 4.69) is 24.1 Å². The van der Waals surface area contributed by atoms with Crippen molar-refractivity contribution in [2.45, 2.75) is 26.3 Å². The van der Waals surface area contributed by atoms with Gasteiger partial charge >= 0.3 is 0 Å². The Hall–Kier alpha value is -1.03. The molecule has 0 aromatic carbocycles. The normalized spacial score (nSPS) is 12.8. The molecule has 0 aliphatic rings. The highest BCUT2D eigenvalue weighted by molar-refractivity contribution is 6.18. The summed E-state index contributed by atoms with van der Waals surface area (Å²) in [5.74, 6) is 0.774. The van der Waals surface area contributed by atoms with E-state index in [4.69, 9.17) is 11.6 Å². The Morgan fingerprint density at radius 2 is 2.31 bits per heavy atom. The van der Waals surface area contributed by atoms with Crippen LogP contribution in [0.1, 0.15) is 30.8 Å². The number of amides is 1. The largest absolute Gasteiger partial charge is 0.347 e. The highest BCUT2D eigenvalue weighted by atomic mass is 35.5. The lowest BCUT2D eigenvalue weighted by Crippen LogP contribution is -2.37. The third kappa shape index (κ3) is 3.85. The first-order chi connectivity index (χ1) is 7.52. The molecule has 1 atom stereocenters. The second kappa shape index (κ2) is 5.89. The van der Waals surface area contributed by atoms with Crippen molar-refractivity contribution in [1.29, 1.82) is 0 Å². The standard InChI is InChI=1S/C11H18ClN3O/c1-8(2)4-9(5-12)14-11(16)10-6-15(3)7-13-10/h6-9H,4-5H2,1-3H3,(H,14,16). The summed E-state index contributed by atoms with van der Waals surface area (Å²) in [7, 11) is 1.83. The summed E-state index contributed by atoms with van der Waals surface area (Å²) in [6.07, 6.45) is 4.17. The number of hydrogen-bond donors (Lipinski definition) is 1. The first-order valence-corrected chi connectivity index (χ1v) is 5.91. The van der Waals surface area contributed by atoms with Gasteiger partial charge in [0.25, 0.3) is 5.91 Å². The number of rotatable bonds is 5. The van der Waals surface area contributed by atoms with Gasteiger partial charge in [-0.1, -0.05) is 13.8 Å². The van der Waals surface area contributed by atoms with Crippen LogP contribution in [0.25, 0.3) is 0 Å². The maximum atomic E-state index is 11.8. The van der Waals surface area contributed by atoms with Gasteiger partial charge in [0.05, 0.1) is 6.33 Å². The number of carbonyl (C=O) groups excluding carboxylic acids is 1. The number of carbonyl (C=O) groups is 1. The Labute approximate surface area is 101 Å². The molecule has 1 heterocycles. The number of halogens is 1. The van der Waals surface area contributed by atoms with Crippen LogP contribution in [0.15, 0.2) is 12.5 Å². The van der Waals surface area contributed by atoms with Crippen LogP contribution in [0.2, 0.25) is 0 Å². The zero-order valence-electron chi connectivity index (χ0n) is 9.90. The lowest BCUT2D eigenvalue weighted by molar-refractivity contribution is 0.0932. The van der Waals surface area contributed by atoms with E-state index in [-0.39, 0.29) is 11.9 Å². The monoisotopic (exact) mass is 243 g/mol. The molecule has 5 heteroatoms. The molecule has 1 unspecified atom stereocenters. The van der Waals surface area contributed by atoms with Crippen molar-refractivity contribution in [3.05, 3.63) is 18.2 Å². The molecule has 0 spiro atoms. The van der Waals surface area contributed by atoms with Crippen LogP contribution in [0.3, 0.4) is 0 Å². The highest BCUT2D eigenvalue weighted by Gasteiger charge is 2.15. The van der Waals surface area contributed by atoms with Gasteiger partial charge < -0.3 is 9.88 Å². The van der Waals surface area contributed by atoms with E-state index >= 15 is 0 Å². The van der Waals surface area contributed by atoms with Crippen LogP contribution >= 0.6 is 11.6 Å². The number of aromatic nitrogens is 2. The van der Waals surface area contributed by atoms with E-state index in [1.54, 1.807) is 17.1 Å². The van der Waals surface area contributed by atoms with Crippen molar-refractivity contribution in [1.82, 2.24) is 14.9 Å². The molecule has 16 heavy (non-hydrogen) atoms. The first-order valence-electron chi connectivity index (χ1n) is 5.37. The molecular weight excluding hydrogens is 226 g/mol. The summed E-state index contributed by atoms with van der Waals surface area (Å²) < 4.78 is 1.74. The van der Waals surface area contributed by atoms with Crippen molar-refractivity contribution < 1.29 is 4.79 Å². The Balaban J connectivity index is 2.55. The number of nitrogens with one attached hydrogen (secondary N) is 1. The van der Waals surface area contributed by atoms with Gasteiger partial charge in [0.1, 0.15) is 5.69 Å². The fraction of sp³-hybridized carbons (Fsp3) is 0.636. The van der Waals surface area contributed by atoms with Crippen molar-refractivity contribution in [2.24, 2.45) is 13.0 Å². The van der Waals surface area contributed by atoms with E-state index in [1.807, 2.05) is 7.05 Å². The molecule has 0 fully saturated rings. The maximum absolute atomic E-state index is 11.8. The summed E-state index contributed by atoms with van der Waals surface area (Å²) in [6.45, 7) is 4.21. The van der Waals surface area contributed by atoms with Crippen LogP contribution in [-0.4, -0.2) is 27.4 Å². The van der Waals surface area contributed by atoms with Gasteiger partial charge in [0.2, 0.25) is 0 Å². The van der Waals surface area contributed by atoms with Crippen LogP contribution in [0.4, 0.5) is 0 Å². The Morgan fingerprint density at radius 1 is 1.62 bits per heavy atom. The van der Waals surface area contributed by atoms with Gasteiger partial charge in [-0.25, -0.2) is 4.98 Å². The average molecular weight is 244 g/mol. The van der Waals surface area contributed by atoms with Crippen molar-refractivity contribution in [2.75, 3.05) is 5.88 Å². The first kappa shape index (κ1) is 13.0. The zero-order valence-corrected chi connectivity index (χ0v) is 10.7. The second-order valence-corrected chi connectivity index (χ2v) is 4.69. The topological polar surface area (TPSA) is 46.9 Å². The van der Waals surface area contributed by atoms with E-state index in [1.165, 1.54) is 0 Å². The molecule has 1 amide bonds. The minimum atomic E-state index is -0.160. The minimum Gasteiger partial charge on any atom is -0.347 e. The van der Waals surface area contributed by atoms with E-state index < -0.39 is 0 Å². The van der Waals surface area contributed by atoms with Gasteiger partial charge in [0, 0.05) is 25.2 Å². The molecule has 1 N–H and O–H groups in total. The van der Waals surface area contributed by atoms with Gasteiger partial charge in [-0.05, 0) is 12.3 Å². The van der Waals surface area contributed by atoms with Crippen LogP contribution < -0.4 is 5.32 Å². The zero-order chi connectivity index (χ0) is 12.1. The summed E-state index contributed by atoms with van der Waals surface area (Å²) in [4.78, 5) is 15.8. The summed E-state index contributed by atoms with van der Waals surface area (Å²) in [5.41, 5.74) is 0.432. The minimum absolute atomic E-state index is 0.0103. The summed E-state index contributed by atoms with van der Waals surface area (Å²) >= 11 is 5.81.